The maximum absolute atomic E-state index is 10.8. The van der Waals surface area contributed by atoms with Gasteiger partial charge in [0.2, 0.25) is 0 Å². The van der Waals surface area contributed by atoms with Crippen LogP contribution in [0.5, 0.6) is 0 Å². The largest absolute Gasteiger partial charge is 2.00 e. The van der Waals surface area contributed by atoms with Gasteiger partial charge in [-0.2, -0.15) is 0 Å². The number of allylic oxidation sites excluding steroid dienone is 6. The van der Waals surface area contributed by atoms with E-state index in [-0.39, 0.29) is 61.7 Å². The average molecular weight is 512 g/mol. The molecule has 136 valence electrons. The normalized spacial score (nSPS) is 28.9. The van der Waals surface area contributed by atoms with E-state index in [1.54, 1.807) is 24.3 Å². The van der Waals surface area contributed by atoms with Gasteiger partial charge in [0.05, 0.1) is 9.49 Å². The third-order valence-electron chi connectivity index (χ3n) is 4.20. The van der Waals surface area contributed by atoms with Crippen molar-refractivity contribution in [2.24, 2.45) is 0 Å². The minimum Gasteiger partial charge on any atom is -0.747 e. The fourth-order valence-electron chi connectivity index (χ4n) is 1.99. The van der Waals surface area contributed by atoms with Crippen LogP contribution in [0.1, 0.15) is 40.5 Å². The van der Waals surface area contributed by atoms with Crippen LogP contribution in [0.15, 0.2) is 47.6 Å². The standard InChI is InChI=1S/2C8H12O3S.Ba/c2*1-7-3-5-8(2,6-4-7)12(9,10)11;/h2*3-5H,6H2,1-2H3,(H,9,10,11);/q;;+2/p-2. The van der Waals surface area contributed by atoms with E-state index in [1.807, 2.05) is 13.8 Å². The summed E-state index contributed by atoms with van der Waals surface area (Å²) in [5, 5.41) is 0. The zero-order valence-electron chi connectivity index (χ0n) is 14.9. The Hall–Kier alpha value is 0.351. The van der Waals surface area contributed by atoms with Gasteiger partial charge in [0.1, 0.15) is 20.2 Å². The molecule has 0 radical (unpaired) electrons. The minimum absolute atomic E-state index is 0. The molecule has 0 aromatic rings. The predicted molar refractivity (Wildman–Crippen MR) is 97.0 cm³/mol. The Balaban J connectivity index is 0.000000443. The van der Waals surface area contributed by atoms with Crippen LogP contribution in [-0.4, -0.2) is 84.3 Å². The van der Waals surface area contributed by atoms with Gasteiger partial charge in [-0.15, -0.1) is 0 Å². The van der Waals surface area contributed by atoms with Crippen molar-refractivity contribution in [1.29, 1.82) is 0 Å². The second-order valence-corrected chi connectivity index (χ2v) is 10.2. The van der Waals surface area contributed by atoms with Gasteiger partial charge < -0.3 is 9.11 Å². The first-order valence-corrected chi connectivity index (χ1v) is 10.1. The molecule has 25 heavy (non-hydrogen) atoms. The van der Waals surface area contributed by atoms with E-state index in [1.165, 1.54) is 26.0 Å². The summed E-state index contributed by atoms with van der Waals surface area (Å²) in [5.74, 6) is 0. The maximum atomic E-state index is 10.8. The van der Waals surface area contributed by atoms with Gasteiger partial charge in [-0.3, -0.25) is 0 Å². The zero-order valence-corrected chi connectivity index (χ0v) is 20.9. The maximum Gasteiger partial charge on any atom is 2.00 e. The van der Waals surface area contributed by atoms with Crippen molar-refractivity contribution in [2.75, 3.05) is 0 Å². The van der Waals surface area contributed by atoms with Crippen LogP contribution in [0, 0.1) is 0 Å². The van der Waals surface area contributed by atoms with Crippen LogP contribution in [0.25, 0.3) is 0 Å². The quantitative estimate of drug-likeness (QED) is 0.414. The summed E-state index contributed by atoms with van der Waals surface area (Å²) in [7, 11) is -8.46. The molecule has 2 atom stereocenters. The molecule has 9 heteroatoms. The molecule has 0 aromatic heterocycles. The van der Waals surface area contributed by atoms with E-state index in [4.69, 9.17) is 0 Å². The molecule has 2 unspecified atom stereocenters. The van der Waals surface area contributed by atoms with Crippen molar-refractivity contribution in [3.05, 3.63) is 47.6 Å². The topological polar surface area (TPSA) is 114 Å². The van der Waals surface area contributed by atoms with E-state index in [0.717, 1.165) is 11.1 Å². The first kappa shape index (κ1) is 25.4. The molecular formula is C16H22BaO6S2. The Morgan fingerprint density at radius 1 is 0.800 bits per heavy atom. The molecule has 0 heterocycles. The molecule has 0 bridgehead atoms. The Morgan fingerprint density at radius 3 is 1.24 bits per heavy atom. The molecule has 2 aliphatic carbocycles. The van der Waals surface area contributed by atoms with Gasteiger partial charge in [0.15, 0.2) is 0 Å². The van der Waals surface area contributed by atoms with Crippen LogP contribution in [0.2, 0.25) is 0 Å². The number of hydrogen-bond acceptors (Lipinski definition) is 6. The first-order chi connectivity index (χ1) is 10.7. The molecule has 2 rings (SSSR count). The van der Waals surface area contributed by atoms with Crippen molar-refractivity contribution >= 4 is 69.1 Å². The van der Waals surface area contributed by atoms with Crippen molar-refractivity contribution < 1.29 is 25.9 Å². The van der Waals surface area contributed by atoms with Crippen molar-refractivity contribution in [3.63, 3.8) is 0 Å². The third-order valence-corrected chi connectivity index (χ3v) is 7.09. The first-order valence-electron chi connectivity index (χ1n) is 7.33. The SMILES string of the molecule is CC1=CCC(C)(S(=O)(=O)[O-])C=C1.CC1=CCC(C)(S(=O)(=O)[O-])C=C1.[Ba+2]. The second-order valence-electron chi connectivity index (χ2n) is 6.50. The number of rotatable bonds is 2. The average Bonchev–Trinajstić information content (AvgIpc) is 2.44. The Bertz CT molecular complexity index is 751. The van der Waals surface area contributed by atoms with Crippen LogP contribution in [-0.2, 0) is 20.2 Å². The minimum atomic E-state index is -4.23. The van der Waals surface area contributed by atoms with Crippen molar-refractivity contribution in [3.8, 4) is 0 Å². The Kier molecular flexibility index (Phi) is 9.15. The van der Waals surface area contributed by atoms with E-state index in [0.29, 0.717) is 0 Å². The molecule has 0 saturated heterocycles. The summed E-state index contributed by atoms with van der Waals surface area (Å²) in [4.78, 5) is 0. The molecule has 0 saturated carbocycles. The predicted octanol–water partition coefficient (Wildman–Crippen LogP) is 2.01. The van der Waals surface area contributed by atoms with Gasteiger partial charge in [0.25, 0.3) is 0 Å². The summed E-state index contributed by atoms with van der Waals surface area (Å²) < 4.78 is 62.2. The molecule has 2 aliphatic rings. The summed E-state index contributed by atoms with van der Waals surface area (Å²) in [5.41, 5.74) is 1.99. The van der Waals surface area contributed by atoms with Crippen molar-refractivity contribution in [2.45, 2.75) is 50.0 Å². The van der Waals surface area contributed by atoms with Gasteiger partial charge in [-0.25, -0.2) is 16.8 Å². The summed E-state index contributed by atoms with van der Waals surface area (Å²) in [6.07, 6.45) is 10.3. The molecule has 6 nitrogen and oxygen atoms in total. The van der Waals surface area contributed by atoms with Gasteiger partial charge >= 0.3 is 48.9 Å². The monoisotopic (exact) mass is 512 g/mol. The third kappa shape index (κ3) is 6.78. The van der Waals surface area contributed by atoms with Gasteiger partial charge in [-0.05, 0) is 40.5 Å². The van der Waals surface area contributed by atoms with E-state index in [2.05, 4.69) is 0 Å². The van der Waals surface area contributed by atoms with E-state index >= 15 is 0 Å². The van der Waals surface area contributed by atoms with Gasteiger partial charge in [0, 0.05) is 0 Å². The van der Waals surface area contributed by atoms with Crippen LogP contribution < -0.4 is 0 Å². The smallest absolute Gasteiger partial charge is 0.747 e. The van der Waals surface area contributed by atoms with Crippen LogP contribution in [0.3, 0.4) is 0 Å². The summed E-state index contributed by atoms with van der Waals surface area (Å²) in [6.45, 7) is 6.62. The second kappa shape index (κ2) is 9.03. The summed E-state index contributed by atoms with van der Waals surface area (Å²) in [6, 6.07) is 0. The Labute approximate surface area is 190 Å². The summed E-state index contributed by atoms with van der Waals surface area (Å²) >= 11 is 0. The van der Waals surface area contributed by atoms with E-state index < -0.39 is 29.7 Å². The molecule has 0 N–H and O–H groups in total. The fraction of sp³-hybridized carbons (Fsp3) is 0.500. The molecule has 0 amide bonds. The number of hydrogen-bond donors (Lipinski definition) is 0. The molecule has 0 aliphatic heterocycles. The van der Waals surface area contributed by atoms with Gasteiger partial charge in [-0.1, -0.05) is 47.6 Å². The van der Waals surface area contributed by atoms with Crippen molar-refractivity contribution in [1.82, 2.24) is 0 Å². The molecule has 0 spiro atoms. The molecule has 0 aromatic carbocycles. The Morgan fingerprint density at radius 2 is 1.08 bits per heavy atom. The van der Waals surface area contributed by atoms with E-state index in [9.17, 15) is 25.9 Å². The fourth-order valence-corrected chi connectivity index (χ4v) is 3.03. The molecular weight excluding hydrogens is 490 g/mol. The zero-order chi connectivity index (χ0) is 18.8. The van der Waals surface area contributed by atoms with Crippen LogP contribution >= 0.6 is 0 Å². The van der Waals surface area contributed by atoms with Crippen LogP contribution in [0.4, 0.5) is 0 Å². The molecule has 0 fully saturated rings.